The Morgan fingerprint density at radius 3 is 2.28 bits per heavy atom. The minimum atomic E-state index is -1.16. The molecule has 5 rings (SSSR count). The van der Waals surface area contributed by atoms with Gasteiger partial charge in [0.25, 0.3) is 5.91 Å². The van der Waals surface area contributed by atoms with Crippen LogP contribution in [0.1, 0.15) is 80.8 Å². The van der Waals surface area contributed by atoms with E-state index in [1.54, 1.807) is 17.8 Å². The molecule has 12 heteroatoms. The molecule has 1 aliphatic rings. The summed E-state index contributed by atoms with van der Waals surface area (Å²) in [5.41, 5.74) is 3.22. The van der Waals surface area contributed by atoms with E-state index in [1.165, 1.54) is 0 Å². The third-order valence-corrected chi connectivity index (χ3v) is 10.8. The predicted molar refractivity (Wildman–Crippen MR) is 210 cm³/mol. The lowest BCUT2D eigenvalue weighted by Gasteiger charge is -2.41. The molecular weight excluding hydrogens is 687 g/mol. The number of amides is 3. The van der Waals surface area contributed by atoms with Crippen molar-refractivity contribution in [2.75, 3.05) is 13.1 Å². The molecule has 6 atom stereocenters. The number of aromatic nitrogens is 3. The van der Waals surface area contributed by atoms with E-state index in [4.69, 9.17) is 0 Å². The molecule has 4 aromatic rings. The minimum Gasteiger partial charge on any atom is -0.389 e. The second-order valence-corrected chi connectivity index (χ2v) is 16.7. The number of thioether (sulfide) groups is 1. The van der Waals surface area contributed by atoms with E-state index < -0.39 is 41.5 Å². The summed E-state index contributed by atoms with van der Waals surface area (Å²) < 4.78 is 0. The molecule has 1 saturated heterocycles. The highest BCUT2D eigenvalue weighted by Gasteiger charge is 2.40. The normalized spacial score (nSPS) is 18.5. The summed E-state index contributed by atoms with van der Waals surface area (Å²) in [5.74, 6) is -1.75. The van der Waals surface area contributed by atoms with Gasteiger partial charge >= 0.3 is 0 Å². The number of aliphatic hydroxyl groups is 1. The third kappa shape index (κ3) is 10.6. The van der Waals surface area contributed by atoms with Gasteiger partial charge in [0, 0.05) is 34.5 Å². The van der Waals surface area contributed by atoms with Crippen molar-refractivity contribution in [3.05, 3.63) is 95.4 Å². The highest BCUT2D eigenvalue weighted by molar-refractivity contribution is 7.99. The van der Waals surface area contributed by atoms with Gasteiger partial charge in [-0.25, -0.2) is 15.0 Å². The molecule has 2 aromatic carbocycles. The Morgan fingerprint density at radius 1 is 0.925 bits per heavy atom. The number of rotatable bonds is 13. The van der Waals surface area contributed by atoms with Crippen molar-refractivity contribution in [2.24, 2.45) is 11.3 Å². The van der Waals surface area contributed by atoms with Crippen molar-refractivity contribution in [1.82, 2.24) is 36.2 Å². The molecule has 282 valence electrons. The fourth-order valence-corrected chi connectivity index (χ4v) is 8.26. The fourth-order valence-electron chi connectivity index (χ4n) is 7.04. The van der Waals surface area contributed by atoms with Gasteiger partial charge in [0.2, 0.25) is 11.8 Å². The van der Waals surface area contributed by atoms with E-state index >= 15 is 0 Å². The Hall–Kier alpha value is -4.39. The van der Waals surface area contributed by atoms with Crippen LogP contribution in [0.5, 0.6) is 0 Å². The molecule has 0 radical (unpaired) electrons. The van der Waals surface area contributed by atoms with Gasteiger partial charge in [0.05, 0.1) is 23.7 Å². The van der Waals surface area contributed by atoms with Crippen molar-refractivity contribution < 1.29 is 19.5 Å². The maximum absolute atomic E-state index is 14.2. The first-order valence-corrected chi connectivity index (χ1v) is 19.3. The van der Waals surface area contributed by atoms with Gasteiger partial charge in [-0.2, -0.15) is 0 Å². The van der Waals surface area contributed by atoms with E-state index in [0.717, 1.165) is 28.8 Å². The Balaban J connectivity index is 1.32. The van der Waals surface area contributed by atoms with Crippen LogP contribution in [0.4, 0.5) is 0 Å². The largest absolute Gasteiger partial charge is 0.389 e. The summed E-state index contributed by atoms with van der Waals surface area (Å²) in [7, 11) is 0. The SMILES string of the molecule is Cc1cc(C)nc(SC2CCNC(C(=O)NCC(O)C(NC(=O)[C@@H](NC(=O)c3ccc4ccccc4n3)C(C)C)C(c3ccccc3)C(C)(C)C)C2)n1. The summed E-state index contributed by atoms with van der Waals surface area (Å²) in [6.45, 7) is 14.4. The molecule has 1 fully saturated rings. The highest BCUT2D eigenvalue weighted by atomic mass is 32.2. The summed E-state index contributed by atoms with van der Waals surface area (Å²) in [4.78, 5) is 54.8. The molecule has 5 N–H and O–H groups in total. The second kappa shape index (κ2) is 17.6. The maximum atomic E-state index is 14.2. The maximum Gasteiger partial charge on any atom is 0.270 e. The van der Waals surface area contributed by atoms with Crippen LogP contribution in [0, 0.1) is 25.2 Å². The number of nitrogens with zero attached hydrogens (tertiary/aromatic N) is 3. The molecule has 0 aliphatic carbocycles. The lowest BCUT2D eigenvalue weighted by atomic mass is 9.70. The van der Waals surface area contributed by atoms with Crippen molar-refractivity contribution in [1.29, 1.82) is 0 Å². The number of aryl methyl sites for hydroxylation is 2. The lowest BCUT2D eigenvalue weighted by molar-refractivity contribution is -0.126. The summed E-state index contributed by atoms with van der Waals surface area (Å²) >= 11 is 1.59. The van der Waals surface area contributed by atoms with E-state index in [-0.39, 0.29) is 35.2 Å². The van der Waals surface area contributed by atoms with E-state index in [0.29, 0.717) is 23.6 Å². The first kappa shape index (κ1) is 39.8. The summed E-state index contributed by atoms with van der Waals surface area (Å²) in [6.07, 6.45) is 0.297. The average Bonchev–Trinajstić information content (AvgIpc) is 3.11. The molecular formula is C41H53N7O4S. The Kier molecular flexibility index (Phi) is 13.2. The third-order valence-electron chi connectivity index (χ3n) is 9.63. The van der Waals surface area contributed by atoms with Gasteiger partial charge in [0.15, 0.2) is 5.16 Å². The Bertz CT molecular complexity index is 1860. The molecule has 53 heavy (non-hydrogen) atoms. The van der Waals surface area contributed by atoms with Gasteiger partial charge in [-0.05, 0) is 68.3 Å². The number of carbonyl (C=O) groups excluding carboxylic acids is 3. The van der Waals surface area contributed by atoms with Crippen LogP contribution in [0.15, 0.2) is 78.0 Å². The second-order valence-electron chi connectivity index (χ2n) is 15.4. The van der Waals surface area contributed by atoms with Crippen molar-refractivity contribution >= 4 is 40.4 Å². The molecule has 1 aliphatic heterocycles. The number of hydrogen-bond acceptors (Lipinski definition) is 9. The van der Waals surface area contributed by atoms with Crippen LogP contribution in [0.2, 0.25) is 0 Å². The van der Waals surface area contributed by atoms with Gasteiger partial charge in [0.1, 0.15) is 11.7 Å². The molecule has 0 spiro atoms. The van der Waals surface area contributed by atoms with E-state index in [1.807, 2.05) is 94.4 Å². The lowest BCUT2D eigenvalue weighted by Crippen LogP contribution is -2.59. The number of nitrogens with one attached hydrogen (secondary N) is 4. The van der Waals surface area contributed by atoms with Gasteiger partial charge in [-0.15, -0.1) is 0 Å². The Labute approximate surface area is 317 Å². The topological polar surface area (TPSA) is 158 Å². The summed E-state index contributed by atoms with van der Waals surface area (Å²) in [6, 6.07) is 20.5. The number of fused-ring (bicyclic) bond motifs is 1. The van der Waals surface area contributed by atoms with Gasteiger partial charge in [-0.3, -0.25) is 14.4 Å². The van der Waals surface area contributed by atoms with Gasteiger partial charge in [-0.1, -0.05) is 101 Å². The molecule has 2 aromatic heterocycles. The average molecular weight is 740 g/mol. The fraction of sp³-hybridized carbons (Fsp3) is 0.463. The molecule has 0 bridgehead atoms. The van der Waals surface area contributed by atoms with E-state index in [2.05, 4.69) is 57.0 Å². The Morgan fingerprint density at radius 2 is 1.60 bits per heavy atom. The first-order chi connectivity index (χ1) is 25.2. The van der Waals surface area contributed by atoms with Crippen molar-refractivity contribution in [3.63, 3.8) is 0 Å². The number of para-hydroxylation sites is 1. The molecule has 11 nitrogen and oxygen atoms in total. The zero-order chi connectivity index (χ0) is 38.3. The number of benzene rings is 2. The number of aliphatic hydroxyl groups excluding tert-OH is 1. The first-order valence-electron chi connectivity index (χ1n) is 18.4. The van der Waals surface area contributed by atoms with Crippen LogP contribution in [-0.2, 0) is 9.59 Å². The monoisotopic (exact) mass is 739 g/mol. The molecule has 5 unspecified atom stereocenters. The summed E-state index contributed by atoms with van der Waals surface area (Å²) in [5, 5.41) is 26.0. The quantitative estimate of drug-likeness (QED) is 0.118. The number of piperidine rings is 1. The number of pyridine rings is 1. The van der Waals surface area contributed by atoms with Crippen molar-refractivity contribution in [2.45, 2.75) is 102 Å². The van der Waals surface area contributed by atoms with Crippen LogP contribution < -0.4 is 21.3 Å². The van der Waals surface area contributed by atoms with Crippen LogP contribution >= 0.6 is 11.8 Å². The smallest absolute Gasteiger partial charge is 0.270 e. The van der Waals surface area contributed by atoms with Crippen molar-refractivity contribution in [3.8, 4) is 0 Å². The van der Waals surface area contributed by atoms with E-state index in [9.17, 15) is 19.5 Å². The number of carbonyl (C=O) groups is 3. The van der Waals surface area contributed by atoms with Crippen LogP contribution in [0.25, 0.3) is 10.9 Å². The number of hydrogen-bond donors (Lipinski definition) is 5. The predicted octanol–water partition coefficient (Wildman–Crippen LogP) is 5.10. The molecule has 3 heterocycles. The van der Waals surface area contributed by atoms with Gasteiger partial charge < -0.3 is 26.4 Å². The highest BCUT2D eigenvalue weighted by Crippen LogP contribution is 2.39. The molecule has 3 amide bonds. The zero-order valence-corrected chi connectivity index (χ0v) is 32.5. The molecule has 0 saturated carbocycles. The van der Waals surface area contributed by atoms with Crippen LogP contribution in [-0.4, -0.2) is 80.3 Å². The minimum absolute atomic E-state index is 0.0842. The zero-order valence-electron chi connectivity index (χ0n) is 31.7. The van der Waals surface area contributed by atoms with Crippen LogP contribution in [0.3, 0.4) is 0 Å². The standard InChI is InChI=1S/C41H53N7O4S/c1-24(2)35(47-38(51)31-18-17-27-13-11-12-16-30(27)46-31)39(52)48-36(34(41(5,6)7)28-14-9-8-10-15-28)33(49)23-43-37(50)32-22-29(19-20-42-32)53-40-44-25(3)21-26(4)45-40/h8-18,21,24,29,32-36,42,49H,19-20,22-23H2,1-7H3,(H,43,50)(H,47,51)(H,48,52)/t29?,32?,33?,34?,35-,36?/m0/s1.